The van der Waals surface area contributed by atoms with Gasteiger partial charge in [0.05, 0.1) is 12.5 Å². The van der Waals surface area contributed by atoms with E-state index >= 15 is 0 Å². The minimum absolute atomic E-state index is 0.0516. The summed E-state index contributed by atoms with van der Waals surface area (Å²) in [6.45, 7) is 3.45. The molecule has 11 nitrogen and oxygen atoms in total. The Morgan fingerprint density at radius 1 is 0.914 bits per heavy atom. The molecule has 0 fully saturated rings. The van der Waals surface area contributed by atoms with Gasteiger partial charge in [-0.25, -0.2) is 4.79 Å². The maximum Gasteiger partial charge on any atom is 0.326 e. The molecule has 35 heavy (non-hydrogen) atoms. The van der Waals surface area contributed by atoms with Crippen LogP contribution in [0.4, 0.5) is 0 Å². The third-order valence-corrected chi connectivity index (χ3v) is 5.84. The first kappa shape index (κ1) is 29.9. The Hall–Kier alpha value is -3.12. The molecule has 0 spiro atoms. The number of carbonyl (C=O) groups excluding carboxylic acids is 4. The third kappa shape index (κ3) is 10.8. The molecule has 4 amide bonds. The summed E-state index contributed by atoms with van der Waals surface area (Å²) in [6.07, 6.45) is 1.56. The van der Waals surface area contributed by atoms with E-state index < -0.39 is 60.2 Å². The van der Waals surface area contributed by atoms with Crippen LogP contribution in [0.25, 0.3) is 0 Å². The summed E-state index contributed by atoms with van der Waals surface area (Å²) in [6, 6.07) is 4.20. The van der Waals surface area contributed by atoms with E-state index in [4.69, 9.17) is 11.5 Å². The highest BCUT2D eigenvalue weighted by atomic mass is 32.2. The van der Waals surface area contributed by atoms with Crippen molar-refractivity contribution in [2.75, 3.05) is 12.0 Å². The second-order valence-electron chi connectivity index (χ2n) is 8.43. The first-order valence-electron chi connectivity index (χ1n) is 11.2. The number of hydrogen-bond acceptors (Lipinski definition) is 7. The molecule has 0 heterocycles. The summed E-state index contributed by atoms with van der Waals surface area (Å²) >= 11 is 1.44. The van der Waals surface area contributed by atoms with Crippen molar-refractivity contribution in [1.82, 2.24) is 16.0 Å². The Morgan fingerprint density at radius 2 is 1.46 bits per heavy atom. The van der Waals surface area contributed by atoms with E-state index in [9.17, 15) is 29.1 Å². The number of nitrogens with one attached hydrogen (secondary N) is 3. The highest BCUT2D eigenvalue weighted by Crippen LogP contribution is 2.07. The van der Waals surface area contributed by atoms with Gasteiger partial charge in [-0.05, 0) is 29.9 Å². The number of aliphatic carboxylic acids is 1. The molecule has 0 aromatic heterocycles. The molecule has 0 bridgehead atoms. The Morgan fingerprint density at radius 3 is 1.97 bits per heavy atom. The van der Waals surface area contributed by atoms with E-state index in [-0.39, 0.29) is 18.8 Å². The largest absolute Gasteiger partial charge is 0.480 e. The summed E-state index contributed by atoms with van der Waals surface area (Å²) in [5.74, 6) is -3.92. The molecular weight excluding hydrogens is 474 g/mol. The Labute approximate surface area is 209 Å². The highest BCUT2D eigenvalue weighted by molar-refractivity contribution is 7.98. The maximum atomic E-state index is 13.0. The summed E-state index contributed by atoms with van der Waals surface area (Å²) in [5, 5.41) is 16.9. The Kier molecular flexibility index (Phi) is 12.8. The standard InChI is InChI=1S/C23H35N5O6S/c1-13(2)19(25)22(32)28-17(12-18(24)29)21(31)27-16(11-14-7-5-4-6-8-14)20(30)26-15(23(33)34)9-10-35-3/h4-8,13,15-17,19H,9-12,25H2,1-3H3,(H2,24,29)(H,26,30)(H,27,31)(H,28,32)(H,33,34). The topological polar surface area (TPSA) is 194 Å². The molecule has 0 saturated heterocycles. The van der Waals surface area contributed by atoms with E-state index in [0.717, 1.165) is 0 Å². The van der Waals surface area contributed by atoms with Crippen LogP contribution in [0.5, 0.6) is 0 Å². The smallest absolute Gasteiger partial charge is 0.326 e. The summed E-state index contributed by atoms with van der Waals surface area (Å²) in [4.78, 5) is 61.6. The van der Waals surface area contributed by atoms with E-state index in [2.05, 4.69) is 16.0 Å². The summed E-state index contributed by atoms with van der Waals surface area (Å²) < 4.78 is 0. The number of carboxylic acids is 1. The number of carbonyl (C=O) groups is 5. The zero-order valence-electron chi connectivity index (χ0n) is 20.2. The predicted molar refractivity (Wildman–Crippen MR) is 133 cm³/mol. The van der Waals surface area contributed by atoms with Gasteiger partial charge in [0.25, 0.3) is 0 Å². The van der Waals surface area contributed by atoms with E-state index in [1.165, 1.54) is 11.8 Å². The lowest BCUT2D eigenvalue weighted by Gasteiger charge is -2.25. The van der Waals surface area contributed by atoms with Crippen LogP contribution < -0.4 is 27.4 Å². The van der Waals surface area contributed by atoms with Gasteiger partial charge in [-0.1, -0.05) is 44.2 Å². The molecular formula is C23H35N5O6S. The molecule has 12 heteroatoms. The van der Waals surface area contributed by atoms with Gasteiger partial charge in [0, 0.05) is 6.42 Å². The van der Waals surface area contributed by atoms with Crippen LogP contribution in [0, 0.1) is 5.92 Å². The highest BCUT2D eigenvalue weighted by Gasteiger charge is 2.31. The first-order valence-corrected chi connectivity index (χ1v) is 12.6. The van der Waals surface area contributed by atoms with Crippen molar-refractivity contribution in [2.24, 2.45) is 17.4 Å². The van der Waals surface area contributed by atoms with E-state index in [1.54, 1.807) is 44.2 Å². The minimum atomic E-state index is -1.36. The Balaban J connectivity index is 3.12. The van der Waals surface area contributed by atoms with Crippen molar-refractivity contribution in [2.45, 2.75) is 57.3 Å². The monoisotopic (exact) mass is 509 g/mol. The lowest BCUT2D eigenvalue weighted by atomic mass is 10.0. The fourth-order valence-corrected chi connectivity index (χ4v) is 3.55. The Bertz CT molecular complexity index is 882. The molecule has 4 atom stereocenters. The summed E-state index contributed by atoms with van der Waals surface area (Å²) in [5.41, 5.74) is 11.8. The van der Waals surface area contributed by atoms with Gasteiger partial charge < -0.3 is 32.5 Å². The average molecular weight is 510 g/mol. The van der Waals surface area contributed by atoms with Crippen molar-refractivity contribution >= 4 is 41.4 Å². The van der Waals surface area contributed by atoms with Gasteiger partial charge in [-0.2, -0.15) is 11.8 Å². The number of amides is 4. The second-order valence-corrected chi connectivity index (χ2v) is 9.42. The third-order valence-electron chi connectivity index (χ3n) is 5.20. The fourth-order valence-electron chi connectivity index (χ4n) is 3.08. The van der Waals surface area contributed by atoms with Crippen LogP contribution in [0.2, 0.25) is 0 Å². The quantitative estimate of drug-likeness (QED) is 0.180. The molecule has 0 aliphatic carbocycles. The normalized spacial score (nSPS) is 14.3. The minimum Gasteiger partial charge on any atom is -0.480 e. The van der Waals surface area contributed by atoms with Gasteiger partial charge in [0.2, 0.25) is 23.6 Å². The number of hydrogen-bond donors (Lipinski definition) is 6. The van der Waals surface area contributed by atoms with Crippen LogP contribution >= 0.6 is 11.8 Å². The van der Waals surface area contributed by atoms with Crippen molar-refractivity contribution in [3.63, 3.8) is 0 Å². The number of nitrogens with two attached hydrogens (primary N) is 2. The van der Waals surface area contributed by atoms with Gasteiger partial charge in [-0.15, -0.1) is 0 Å². The number of primary amides is 1. The van der Waals surface area contributed by atoms with Crippen LogP contribution in [-0.4, -0.2) is 70.9 Å². The van der Waals surface area contributed by atoms with Crippen LogP contribution in [0.3, 0.4) is 0 Å². The lowest BCUT2D eigenvalue weighted by Crippen LogP contribution is -2.58. The zero-order chi connectivity index (χ0) is 26.5. The van der Waals surface area contributed by atoms with Crippen LogP contribution in [-0.2, 0) is 30.4 Å². The molecule has 0 aliphatic rings. The average Bonchev–Trinajstić information content (AvgIpc) is 2.80. The molecule has 4 unspecified atom stereocenters. The lowest BCUT2D eigenvalue weighted by molar-refractivity contribution is -0.142. The van der Waals surface area contributed by atoms with Gasteiger partial charge >= 0.3 is 5.97 Å². The zero-order valence-corrected chi connectivity index (χ0v) is 21.0. The van der Waals surface area contributed by atoms with Crippen molar-refractivity contribution in [1.29, 1.82) is 0 Å². The van der Waals surface area contributed by atoms with Gasteiger partial charge in [0.15, 0.2) is 0 Å². The number of rotatable bonds is 15. The fraction of sp³-hybridized carbons (Fsp3) is 0.522. The molecule has 194 valence electrons. The number of carboxylic acid groups (broad SMARTS) is 1. The molecule has 0 saturated carbocycles. The molecule has 1 rings (SSSR count). The van der Waals surface area contributed by atoms with Gasteiger partial charge in [0.1, 0.15) is 18.1 Å². The van der Waals surface area contributed by atoms with Gasteiger partial charge in [-0.3, -0.25) is 19.2 Å². The maximum absolute atomic E-state index is 13.0. The van der Waals surface area contributed by atoms with Crippen LogP contribution in [0.15, 0.2) is 30.3 Å². The molecule has 0 aliphatic heterocycles. The SMILES string of the molecule is CSCCC(NC(=O)C(Cc1ccccc1)NC(=O)C(CC(N)=O)NC(=O)C(N)C(C)C)C(=O)O. The molecule has 0 radical (unpaired) electrons. The number of thioether (sulfide) groups is 1. The van der Waals surface area contributed by atoms with Crippen LogP contribution in [0.1, 0.15) is 32.3 Å². The predicted octanol–water partition coefficient (Wildman–Crippen LogP) is -0.620. The van der Waals surface area contributed by atoms with E-state index in [1.807, 2.05) is 6.26 Å². The van der Waals surface area contributed by atoms with Crippen molar-refractivity contribution < 1.29 is 29.1 Å². The first-order chi connectivity index (χ1) is 16.5. The van der Waals surface area contributed by atoms with Crippen molar-refractivity contribution in [3.8, 4) is 0 Å². The number of benzene rings is 1. The molecule has 1 aromatic rings. The second kappa shape index (κ2) is 15.0. The summed E-state index contributed by atoms with van der Waals surface area (Å²) in [7, 11) is 0. The van der Waals surface area contributed by atoms with E-state index in [0.29, 0.717) is 11.3 Å². The molecule has 1 aromatic carbocycles. The van der Waals surface area contributed by atoms with Crippen molar-refractivity contribution in [3.05, 3.63) is 35.9 Å². The molecule has 8 N–H and O–H groups in total.